The molecule has 3 nitrogen and oxygen atoms in total. The minimum Gasteiger partial charge on any atom is -0.384 e. The fourth-order valence-corrected chi connectivity index (χ4v) is 2.22. The van der Waals surface area contributed by atoms with Gasteiger partial charge in [0, 0.05) is 23.9 Å². The lowest BCUT2D eigenvalue weighted by Crippen LogP contribution is -2.13. The molecule has 5 heteroatoms. The molecule has 0 bridgehead atoms. The van der Waals surface area contributed by atoms with Crippen molar-refractivity contribution in [3.05, 3.63) is 59.2 Å². The van der Waals surface area contributed by atoms with Crippen LogP contribution in [0.3, 0.4) is 0 Å². The van der Waals surface area contributed by atoms with Crippen molar-refractivity contribution < 1.29 is 13.6 Å². The molecular formula is C15H12F2N2O. The van der Waals surface area contributed by atoms with E-state index in [0.29, 0.717) is 5.56 Å². The number of carbonyl (C=O) groups excluding carboxylic acids is 1. The molecule has 2 aromatic rings. The van der Waals surface area contributed by atoms with Crippen molar-refractivity contribution in [2.45, 2.75) is 6.42 Å². The van der Waals surface area contributed by atoms with E-state index in [1.165, 1.54) is 0 Å². The van der Waals surface area contributed by atoms with Crippen molar-refractivity contribution in [3.63, 3.8) is 0 Å². The highest BCUT2D eigenvalue weighted by atomic mass is 19.1. The second kappa shape index (κ2) is 4.92. The van der Waals surface area contributed by atoms with Crippen LogP contribution in [0.1, 0.15) is 15.9 Å². The summed E-state index contributed by atoms with van der Waals surface area (Å²) in [6.07, 6.45) is 0.926. The quantitative estimate of drug-likeness (QED) is 0.883. The molecule has 1 amide bonds. The lowest BCUT2D eigenvalue weighted by atomic mass is 10.1. The normalized spacial score (nSPS) is 12.7. The molecule has 0 unspecified atom stereocenters. The van der Waals surface area contributed by atoms with Crippen LogP contribution in [0.4, 0.5) is 20.2 Å². The molecule has 0 saturated heterocycles. The monoisotopic (exact) mass is 274 g/mol. The number of benzene rings is 2. The molecule has 102 valence electrons. The summed E-state index contributed by atoms with van der Waals surface area (Å²) in [6.45, 7) is 0.846. The maximum absolute atomic E-state index is 13.5. The lowest BCUT2D eigenvalue weighted by molar-refractivity contribution is 0.102. The molecule has 2 N–H and O–H groups in total. The van der Waals surface area contributed by atoms with Crippen molar-refractivity contribution in [1.82, 2.24) is 0 Å². The van der Waals surface area contributed by atoms with E-state index in [9.17, 15) is 13.6 Å². The molecule has 0 atom stereocenters. The molecule has 2 aromatic carbocycles. The van der Waals surface area contributed by atoms with Crippen LogP contribution in [-0.4, -0.2) is 12.5 Å². The minimum absolute atomic E-state index is 0.163. The Kier molecular flexibility index (Phi) is 3.10. The first-order valence-electron chi connectivity index (χ1n) is 6.27. The Morgan fingerprint density at radius 1 is 1.15 bits per heavy atom. The number of hydrogen-bond donors (Lipinski definition) is 2. The van der Waals surface area contributed by atoms with Crippen LogP contribution in [0.5, 0.6) is 0 Å². The van der Waals surface area contributed by atoms with Crippen LogP contribution in [0.25, 0.3) is 0 Å². The van der Waals surface area contributed by atoms with Crippen LogP contribution in [-0.2, 0) is 6.42 Å². The predicted octanol–water partition coefficient (Wildman–Crippen LogP) is 3.19. The number of nitrogens with one attached hydrogen (secondary N) is 2. The number of hydrogen-bond acceptors (Lipinski definition) is 2. The summed E-state index contributed by atoms with van der Waals surface area (Å²) in [5, 5.41) is 5.54. The van der Waals surface area contributed by atoms with Gasteiger partial charge in [-0.05, 0) is 36.2 Å². The lowest BCUT2D eigenvalue weighted by Gasteiger charge is -2.08. The molecule has 20 heavy (non-hydrogen) atoms. The SMILES string of the molecule is O=C(Nc1cc(F)ccc1F)c1ccc2c(c1)NCC2. The van der Waals surface area contributed by atoms with Crippen LogP contribution in [0, 0.1) is 11.6 Å². The Balaban J connectivity index is 1.84. The van der Waals surface area contributed by atoms with Gasteiger partial charge in [0.15, 0.2) is 0 Å². The van der Waals surface area contributed by atoms with E-state index in [1.54, 1.807) is 12.1 Å². The highest BCUT2D eigenvalue weighted by Crippen LogP contribution is 2.24. The van der Waals surface area contributed by atoms with Gasteiger partial charge in [-0.2, -0.15) is 0 Å². The van der Waals surface area contributed by atoms with Gasteiger partial charge in [0.25, 0.3) is 5.91 Å². The third-order valence-corrected chi connectivity index (χ3v) is 3.26. The fraction of sp³-hybridized carbons (Fsp3) is 0.133. The fourth-order valence-electron chi connectivity index (χ4n) is 2.22. The second-order valence-corrected chi connectivity index (χ2v) is 4.63. The van der Waals surface area contributed by atoms with Gasteiger partial charge in [0.05, 0.1) is 5.69 Å². The Morgan fingerprint density at radius 2 is 2.00 bits per heavy atom. The molecule has 0 saturated carbocycles. The second-order valence-electron chi connectivity index (χ2n) is 4.63. The van der Waals surface area contributed by atoms with Crippen molar-refractivity contribution in [1.29, 1.82) is 0 Å². The number of rotatable bonds is 2. The first-order chi connectivity index (χ1) is 9.63. The molecule has 0 aromatic heterocycles. The average Bonchev–Trinajstić information content (AvgIpc) is 2.90. The molecule has 1 aliphatic heterocycles. The van der Waals surface area contributed by atoms with Gasteiger partial charge >= 0.3 is 0 Å². The Labute approximate surface area is 114 Å². The standard InChI is InChI=1S/C15H12F2N2O/c16-11-3-4-12(17)14(8-11)19-15(20)10-2-1-9-5-6-18-13(9)7-10/h1-4,7-8,18H,5-6H2,(H,19,20). The van der Waals surface area contributed by atoms with Crippen molar-refractivity contribution in [2.24, 2.45) is 0 Å². The Morgan fingerprint density at radius 3 is 2.85 bits per heavy atom. The third kappa shape index (κ3) is 2.34. The summed E-state index contributed by atoms with van der Waals surface area (Å²) in [4.78, 5) is 12.0. The zero-order valence-electron chi connectivity index (χ0n) is 10.5. The van der Waals surface area contributed by atoms with Gasteiger partial charge in [-0.3, -0.25) is 4.79 Å². The molecule has 1 heterocycles. The molecular weight excluding hydrogens is 262 g/mol. The van der Waals surface area contributed by atoms with Crippen LogP contribution >= 0.6 is 0 Å². The number of anilines is 2. The van der Waals surface area contributed by atoms with Gasteiger partial charge < -0.3 is 10.6 Å². The molecule has 0 aliphatic carbocycles. The summed E-state index contributed by atoms with van der Waals surface area (Å²) in [7, 11) is 0. The zero-order valence-corrected chi connectivity index (χ0v) is 10.5. The topological polar surface area (TPSA) is 41.1 Å². The molecule has 3 rings (SSSR count). The summed E-state index contributed by atoms with van der Waals surface area (Å²) in [6, 6.07) is 8.21. The van der Waals surface area contributed by atoms with Gasteiger partial charge in [-0.25, -0.2) is 8.78 Å². The van der Waals surface area contributed by atoms with Crippen LogP contribution in [0.2, 0.25) is 0 Å². The van der Waals surface area contributed by atoms with Crippen LogP contribution < -0.4 is 10.6 Å². The van der Waals surface area contributed by atoms with Crippen LogP contribution in [0.15, 0.2) is 36.4 Å². The minimum atomic E-state index is -0.668. The molecule has 0 fully saturated rings. The largest absolute Gasteiger partial charge is 0.384 e. The van der Waals surface area contributed by atoms with E-state index in [4.69, 9.17) is 0 Å². The maximum atomic E-state index is 13.5. The third-order valence-electron chi connectivity index (χ3n) is 3.26. The van der Waals surface area contributed by atoms with E-state index in [0.717, 1.165) is 42.4 Å². The molecule has 0 spiro atoms. The first kappa shape index (κ1) is 12.6. The highest BCUT2D eigenvalue weighted by Gasteiger charge is 2.14. The predicted molar refractivity (Wildman–Crippen MR) is 72.9 cm³/mol. The van der Waals surface area contributed by atoms with Crippen molar-refractivity contribution in [2.75, 3.05) is 17.2 Å². The number of fused-ring (bicyclic) bond motifs is 1. The van der Waals surface area contributed by atoms with E-state index in [1.807, 2.05) is 6.07 Å². The summed E-state index contributed by atoms with van der Waals surface area (Å²) >= 11 is 0. The Bertz CT molecular complexity index is 686. The summed E-state index contributed by atoms with van der Waals surface area (Å²) in [5.74, 6) is -1.73. The van der Waals surface area contributed by atoms with Gasteiger partial charge in [0.2, 0.25) is 0 Å². The van der Waals surface area contributed by atoms with Crippen molar-refractivity contribution in [3.8, 4) is 0 Å². The van der Waals surface area contributed by atoms with Gasteiger partial charge in [-0.1, -0.05) is 6.07 Å². The van der Waals surface area contributed by atoms with Crippen molar-refractivity contribution >= 4 is 17.3 Å². The number of amides is 1. The van der Waals surface area contributed by atoms with E-state index in [-0.39, 0.29) is 5.69 Å². The maximum Gasteiger partial charge on any atom is 0.255 e. The first-order valence-corrected chi connectivity index (χ1v) is 6.27. The summed E-state index contributed by atoms with van der Waals surface area (Å²) < 4.78 is 26.5. The Hall–Kier alpha value is -2.43. The smallest absolute Gasteiger partial charge is 0.255 e. The van der Waals surface area contributed by atoms with Gasteiger partial charge in [-0.15, -0.1) is 0 Å². The van der Waals surface area contributed by atoms with E-state index in [2.05, 4.69) is 10.6 Å². The number of halogens is 2. The number of carbonyl (C=O) groups is 1. The molecule has 0 radical (unpaired) electrons. The van der Waals surface area contributed by atoms with E-state index >= 15 is 0 Å². The van der Waals surface area contributed by atoms with E-state index < -0.39 is 17.5 Å². The summed E-state index contributed by atoms with van der Waals surface area (Å²) in [5.41, 5.74) is 2.31. The highest BCUT2D eigenvalue weighted by molar-refractivity contribution is 6.05. The molecule has 1 aliphatic rings. The van der Waals surface area contributed by atoms with Gasteiger partial charge in [0.1, 0.15) is 11.6 Å². The average molecular weight is 274 g/mol. The zero-order chi connectivity index (χ0) is 14.1.